The van der Waals surface area contributed by atoms with Crippen LogP contribution in [0.4, 0.5) is 13.2 Å². The fourth-order valence-electron chi connectivity index (χ4n) is 3.22. The molecule has 0 aliphatic carbocycles. The molecule has 0 atom stereocenters. The first kappa shape index (κ1) is 17.7. The number of hydrogen-bond donors (Lipinski definition) is 3. The number of para-hydroxylation sites is 2. The Kier molecular flexibility index (Phi) is 3.92. The Bertz CT molecular complexity index is 1260. The molecule has 3 aromatic carbocycles. The number of H-pyrrole nitrogens is 1. The molecule has 5 nitrogen and oxygen atoms in total. The van der Waals surface area contributed by atoms with E-state index < -0.39 is 28.9 Å². The molecule has 0 saturated carbocycles. The van der Waals surface area contributed by atoms with Crippen molar-refractivity contribution in [3.8, 4) is 28.3 Å². The third-order valence-corrected chi connectivity index (χ3v) is 4.45. The molecule has 142 valence electrons. The summed E-state index contributed by atoms with van der Waals surface area (Å²) in [6.45, 7) is 0. The van der Waals surface area contributed by atoms with Crippen molar-refractivity contribution < 1.29 is 23.4 Å². The van der Waals surface area contributed by atoms with Gasteiger partial charge < -0.3 is 15.2 Å². The largest absolute Gasteiger partial charge is 0.507 e. The van der Waals surface area contributed by atoms with Gasteiger partial charge in [-0.1, -0.05) is 30.3 Å². The number of phenols is 2. The third-order valence-electron chi connectivity index (χ3n) is 4.45. The number of benzene rings is 3. The van der Waals surface area contributed by atoms with E-state index in [1.807, 2.05) is 0 Å². The minimum absolute atomic E-state index is 0.0489. The van der Waals surface area contributed by atoms with Crippen LogP contribution >= 0.6 is 0 Å². The Hall–Kier alpha value is -3.68. The van der Waals surface area contributed by atoms with Crippen LogP contribution in [0, 0.1) is 0 Å². The summed E-state index contributed by atoms with van der Waals surface area (Å²) >= 11 is 0. The molecule has 0 saturated heterocycles. The van der Waals surface area contributed by atoms with E-state index in [-0.39, 0.29) is 16.8 Å². The maximum atomic E-state index is 13.4. The van der Waals surface area contributed by atoms with Crippen LogP contribution in [-0.2, 0) is 6.18 Å². The van der Waals surface area contributed by atoms with Crippen molar-refractivity contribution in [2.24, 2.45) is 0 Å². The Morgan fingerprint density at radius 3 is 2.29 bits per heavy atom. The van der Waals surface area contributed by atoms with Crippen molar-refractivity contribution in [3.63, 3.8) is 0 Å². The SMILES string of the molecule is O=c1[nH]c2ccccc2n1-c1cc(-c2ccccc2C(F)(F)F)c(O)cc1O. The number of imidazole rings is 1. The van der Waals surface area contributed by atoms with E-state index in [0.717, 1.165) is 22.8 Å². The lowest BCUT2D eigenvalue weighted by Gasteiger charge is -2.16. The number of halogens is 3. The van der Waals surface area contributed by atoms with Gasteiger partial charge in [0.25, 0.3) is 0 Å². The van der Waals surface area contributed by atoms with E-state index in [0.29, 0.717) is 11.0 Å². The number of rotatable bonds is 2. The van der Waals surface area contributed by atoms with E-state index in [4.69, 9.17) is 0 Å². The van der Waals surface area contributed by atoms with Gasteiger partial charge >= 0.3 is 11.9 Å². The van der Waals surface area contributed by atoms with Gasteiger partial charge in [0.05, 0.1) is 22.3 Å². The van der Waals surface area contributed by atoms with Crippen LogP contribution in [0.1, 0.15) is 5.56 Å². The van der Waals surface area contributed by atoms with Gasteiger partial charge in [0.1, 0.15) is 11.5 Å². The Morgan fingerprint density at radius 1 is 0.857 bits per heavy atom. The summed E-state index contributed by atoms with van der Waals surface area (Å²) in [7, 11) is 0. The third kappa shape index (κ3) is 2.79. The van der Waals surface area contributed by atoms with E-state index in [2.05, 4.69) is 4.98 Å². The van der Waals surface area contributed by atoms with E-state index in [1.54, 1.807) is 24.3 Å². The second-order valence-corrected chi connectivity index (χ2v) is 6.18. The van der Waals surface area contributed by atoms with E-state index >= 15 is 0 Å². The summed E-state index contributed by atoms with van der Waals surface area (Å²) in [5, 5.41) is 20.5. The highest BCUT2D eigenvalue weighted by Gasteiger charge is 2.34. The van der Waals surface area contributed by atoms with Crippen LogP contribution in [0.5, 0.6) is 11.5 Å². The molecule has 0 unspecified atom stereocenters. The maximum absolute atomic E-state index is 13.4. The lowest BCUT2D eigenvalue weighted by Crippen LogP contribution is -2.15. The highest BCUT2D eigenvalue weighted by molar-refractivity contribution is 5.81. The van der Waals surface area contributed by atoms with Crippen molar-refractivity contribution in [3.05, 3.63) is 76.7 Å². The fraction of sp³-hybridized carbons (Fsp3) is 0.0500. The number of aromatic nitrogens is 2. The number of aromatic amines is 1. The number of phenolic OH excluding ortho intramolecular Hbond substituents is 2. The monoisotopic (exact) mass is 386 g/mol. The zero-order valence-electron chi connectivity index (χ0n) is 14.2. The molecule has 0 spiro atoms. The smallest absolute Gasteiger partial charge is 0.417 e. The number of hydrogen-bond acceptors (Lipinski definition) is 3. The Balaban J connectivity index is 2.02. The average molecular weight is 386 g/mol. The molecule has 0 fully saturated rings. The summed E-state index contributed by atoms with van der Waals surface area (Å²) in [6.07, 6.45) is -4.64. The molecule has 4 rings (SSSR count). The molecule has 0 bridgehead atoms. The molecule has 0 radical (unpaired) electrons. The molecule has 3 N–H and O–H groups in total. The van der Waals surface area contributed by atoms with Gasteiger partial charge in [-0.25, -0.2) is 4.79 Å². The normalized spacial score (nSPS) is 11.8. The van der Waals surface area contributed by atoms with Gasteiger partial charge in [-0.15, -0.1) is 0 Å². The summed E-state index contributed by atoms with van der Waals surface area (Å²) in [6, 6.07) is 13.5. The molecule has 1 aromatic heterocycles. The minimum atomic E-state index is -4.64. The van der Waals surface area contributed by atoms with Gasteiger partial charge in [-0.3, -0.25) is 4.57 Å². The van der Waals surface area contributed by atoms with Crippen molar-refractivity contribution in [2.45, 2.75) is 6.18 Å². The quantitative estimate of drug-likeness (QED) is 0.477. The van der Waals surface area contributed by atoms with E-state index in [9.17, 15) is 28.2 Å². The first-order valence-corrected chi connectivity index (χ1v) is 8.20. The predicted molar refractivity (Wildman–Crippen MR) is 97.7 cm³/mol. The predicted octanol–water partition coefficient (Wildman–Crippen LogP) is 4.42. The molecular weight excluding hydrogens is 373 g/mol. The molecule has 0 amide bonds. The van der Waals surface area contributed by atoms with Crippen LogP contribution in [0.3, 0.4) is 0 Å². The zero-order chi connectivity index (χ0) is 20.1. The second-order valence-electron chi connectivity index (χ2n) is 6.18. The number of nitrogens with zero attached hydrogens (tertiary/aromatic N) is 1. The van der Waals surface area contributed by atoms with Crippen molar-refractivity contribution in [2.75, 3.05) is 0 Å². The highest BCUT2D eigenvalue weighted by atomic mass is 19.4. The lowest BCUT2D eigenvalue weighted by atomic mass is 9.97. The van der Waals surface area contributed by atoms with Crippen molar-refractivity contribution in [1.29, 1.82) is 0 Å². The molecule has 8 heteroatoms. The number of fused-ring (bicyclic) bond motifs is 1. The number of alkyl halides is 3. The summed E-state index contributed by atoms with van der Waals surface area (Å²) < 4.78 is 41.3. The van der Waals surface area contributed by atoms with Crippen LogP contribution in [0.2, 0.25) is 0 Å². The second kappa shape index (κ2) is 6.19. The van der Waals surface area contributed by atoms with E-state index in [1.165, 1.54) is 18.2 Å². The standard InChI is InChI=1S/C20H13F3N2O3/c21-20(22,23)13-6-2-1-5-11(13)12-9-16(18(27)10-17(12)26)25-15-8-4-3-7-14(15)24-19(25)28/h1-10,26-27H,(H,24,28). The van der Waals surface area contributed by atoms with Crippen molar-refractivity contribution in [1.82, 2.24) is 9.55 Å². The molecular formula is C20H13F3N2O3. The van der Waals surface area contributed by atoms with Crippen LogP contribution in [0.25, 0.3) is 27.8 Å². The molecule has 4 aromatic rings. The van der Waals surface area contributed by atoms with Gasteiger partial charge in [-0.05, 0) is 29.8 Å². The Labute approximate surface area is 155 Å². The Morgan fingerprint density at radius 2 is 1.54 bits per heavy atom. The molecule has 0 aliphatic heterocycles. The average Bonchev–Trinajstić information content (AvgIpc) is 2.97. The van der Waals surface area contributed by atoms with Crippen LogP contribution in [-0.4, -0.2) is 19.8 Å². The van der Waals surface area contributed by atoms with Crippen LogP contribution in [0.15, 0.2) is 65.5 Å². The number of nitrogens with one attached hydrogen (secondary N) is 1. The molecule has 1 heterocycles. The fourth-order valence-corrected chi connectivity index (χ4v) is 3.22. The lowest BCUT2D eigenvalue weighted by molar-refractivity contribution is -0.137. The zero-order valence-corrected chi connectivity index (χ0v) is 14.2. The minimum Gasteiger partial charge on any atom is -0.507 e. The number of aromatic hydroxyl groups is 2. The van der Waals surface area contributed by atoms with Gasteiger partial charge in [-0.2, -0.15) is 13.2 Å². The summed E-state index contributed by atoms with van der Waals surface area (Å²) in [5.41, 5.74) is -1.04. The van der Waals surface area contributed by atoms with Crippen molar-refractivity contribution >= 4 is 11.0 Å². The highest BCUT2D eigenvalue weighted by Crippen LogP contribution is 2.42. The maximum Gasteiger partial charge on any atom is 0.417 e. The molecule has 0 aliphatic rings. The van der Waals surface area contributed by atoms with Gasteiger partial charge in [0.2, 0.25) is 0 Å². The molecule has 28 heavy (non-hydrogen) atoms. The topological polar surface area (TPSA) is 78.2 Å². The van der Waals surface area contributed by atoms with Gasteiger partial charge in [0, 0.05) is 11.6 Å². The summed E-state index contributed by atoms with van der Waals surface area (Å²) in [4.78, 5) is 15.0. The first-order valence-electron chi connectivity index (χ1n) is 8.20. The first-order chi connectivity index (χ1) is 13.3. The van der Waals surface area contributed by atoms with Gasteiger partial charge in [0.15, 0.2) is 0 Å². The van der Waals surface area contributed by atoms with Crippen LogP contribution < -0.4 is 5.69 Å². The summed E-state index contributed by atoms with van der Waals surface area (Å²) in [5.74, 6) is -0.983.